The van der Waals surface area contributed by atoms with Gasteiger partial charge in [-0.15, -0.1) is 0 Å². The highest BCUT2D eigenvalue weighted by atomic mass is 32.2. The van der Waals surface area contributed by atoms with Gasteiger partial charge in [-0.05, 0) is 54.3 Å². The number of carbonyl (C=O) groups is 2. The average Bonchev–Trinajstić information content (AvgIpc) is 2.98. The Hall–Kier alpha value is -4.01. The van der Waals surface area contributed by atoms with E-state index in [4.69, 9.17) is 0 Å². The van der Waals surface area contributed by atoms with Crippen LogP contribution in [-0.2, 0) is 32.6 Å². The minimum atomic E-state index is -3.98. The van der Waals surface area contributed by atoms with Crippen LogP contribution in [0.15, 0.2) is 102 Å². The molecule has 0 fully saturated rings. The molecule has 0 saturated carbocycles. The molecule has 0 heterocycles. The van der Waals surface area contributed by atoms with Crippen molar-refractivity contribution in [3.63, 3.8) is 0 Å². The molecule has 0 spiro atoms. The molecule has 0 unspecified atom stereocenters. The van der Waals surface area contributed by atoms with Gasteiger partial charge in [0.05, 0.1) is 11.4 Å². The Kier molecular flexibility index (Phi) is 10.1. The van der Waals surface area contributed by atoms with Gasteiger partial charge in [-0.25, -0.2) is 8.42 Å². The summed E-state index contributed by atoms with van der Waals surface area (Å²) >= 11 is 0. The molecular weight excluding hydrogens is 546 g/mol. The first-order chi connectivity index (χ1) is 20.1. The number of carbonyl (C=O) groups excluding carboxylic acids is 2. The molecule has 0 aromatic heterocycles. The number of hydrogen-bond donors (Lipinski definition) is 1. The minimum Gasteiger partial charge on any atom is -0.352 e. The van der Waals surface area contributed by atoms with Crippen molar-refractivity contribution in [3.8, 4) is 0 Å². The Morgan fingerprint density at radius 3 is 2.19 bits per heavy atom. The highest BCUT2D eigenvalue weighted by Gasteiger charge is 2.33. The van der Waals surface area contributed by atoms with Crippen molar-refractivity contribution in [2.45, 2.75) is 57.1 Å². The summed E-state index contributed by atoms with van der Waals surface area (Å²) in [6.45, 7) is 5.63. The number of likely N-dealkylation sites (N-methyl/N-ethyl adjacent to an activating group) is 1. The first-order valence-electron chi connectivity index (χ1n) is 14.2. The van der Waals surface area contributed by atoms with Crippen LogP contribution < -0.4 is 5.32 Å². The van der Waals surface area contributed by atoms with Crippen molar-refractivity contribution >= 4 is 32.6 Å². The first kappa shape index (κ1) is 30.9. The number of rotatable bonds is 12. The van der Waals surface area contributed by atoms with E-state index in [-0.39, 0.29) is 23.4 Å². The number of nitrogens with zero attached hydrogens (tertiary/aromatic N) is 2. The summed E-state index contributed by atoms with van der Waals surface area (Å²) in [5.41, 5.74) is 2.79. The average molecular weight is 586 g/mol. The maximum absolute atomic E-state index is 14.1. The zero-order valence-electron chi connectivity index (χ0n) is 24.7. The van der Waals surface area contributed by atoms with E-state index in [1.54, 1.807) is 18.2 Å². The van der Waals surface area contributed by atoms with Crippen LogP contribution in [-0.4, -0.2) is 55.1 Å². The second kappa shape index (κ2) is 13.8. The third-order valence-electron chi connectivity index (χ3n) is 7.49. The first-order valence-corrected chi connectivity index (χ1v) is 15.7. The number of nitrogens with one attached hydrogen (secondary N) is 1. The van der Waals surface area contributed by atoms with Crippen LogP contribution in [0.3, 0.4) is 0 Å². The Morgan fingerprint density at radius 1 is 0.833 bits per heavy atom. The summed E-state index contributed by atoms with van der Waals surface area (Å²) in [6.07, 6.45) is 1.03. The fraction of sp³-hybridized carbons (Fsp3) is 0.294. The Labute approximate surface area is 249 Å². The highest BCUT2D eigenvalue weighted by molar-refractivity contribution is 7.89. The van der Waals surface area contributed by atoms with E-state index in [0.717, 1.165) is 38.2 Å². The second-order valence-corrected chi connectivity index (χ2v) is 12.8. The van der Waals surface area contributed by atoms with Crippen LogP contribution in [0.2, 0.25) is 0 Å². The summed E-state index contributed by atoms with van der Waals surface area (Å²) in [6, 6.07) is 28.9. The molecule has 0 radical (unpaired) electrons. The Bertz CT molecular complexity index is 1640. The monoisotopic (exact) mass is 585 g/mol. The van der Waals surface area contributed by atoms with Crippen molar-refractivity contribution in [2.75, 3.05) is 13.6 Å². The molecule has 1 N–H and O–H groups in total. The molecule has 4 aromatic rings. The van der Waals surface area contributed by atoms with E-state index in [1.807, 2.05) is 99.6 Å². The highest BCUT2D eigenvalue weighted by Crippen LogP contribution is 2.22. The van der Waals surface area contributed by atoms with E-state index < -0.39 is 28.5 Å². The Balaban J connectivity index is 1.68. The fourth-order valence-corrected chi connectivity index (χ4v) is 6.03. The van der Waals surface area contributed by atoms with Crippen LogP contribution >= 0.6 is 0 Å². The number of hydrogen-bond acceptors (Lipinski definition) is 4. The lowest BCUT2D eigenvalue weighted by atomic mass is 10.0. The Morgan fingerprint density at radius 2 is 1.50 bits per heavy atom. The lowest BCUT2D eigenvalue weighted by Crippen LogP contribution is -2.54. The third-order valence-corrected chi connectivity index (χ3v) is 9.29. The molecule has 7 nitrogen and oxygen atoms in total. The molecule has 42 heavy (non-hydrogen) atoms. The molecule has 4 rings (SSSR count). The van der Waals surface area contributed by atoms with Crippen molar-refractivity contribution in [3.05, 3.63) is 114 Å². The van der Waals surface area contributed by atoms with Crippen LogP contribution in [0.25, 0.3) is 10.8 Å². The van der Waals surface area contributed by atoms with Gasteiger partial charge in [-0.1, -0.05) is 97.4 Å². The van der Waals surface area contributed by atoms with Crippen molar-refractivity contribution in [1.82, 2.24) is 14.5 Å². The van der Waals surface area contributed by atoms with Crippen LogP contribution in [0.5, 0.6) is 0 Å². The van der Waals surface area contributed by atoms with Gasteiger partial charge >= 0.3 is 0 Å². The quantitative estimate of drug-likeness (QED) is 0.244. The number of fused-ring (bicyclic) bond motifs is 1. The smallest absolute Gasteiger partial charge is 0.243 e. The maximum atomic E-state index is 14.1. The van der Waals surface area contributed by atoms with Gasteiger partial charge in [-0.2, -0.15) is 4.31 Å². The minimum absolute atomic E-state index is 0.0809. The van der Waals surface area contributed by atoms with Gasteiger partial charge in [0.1, 0.15) is 6.04 Å². The van der Waals surface area contributed by atoms with Gasteiger partial charge in [-0.3, -0.25) is 9.59 Å². The van der Waals surface area contributed by atoms with E-state index in [1.165, 1.54) is 11.9 Å². The SMILES string of the molecule is CC[C@H](C)NC(=O)[C@@H](Cc1ccccc1)N(Cc1cccc(C)c1)C(=O)CN(C)S(=O)(=O)c1ccc2ccccc2c1. The van der Waals surface area contributed by atoms with Gasteiger partial charge in [0, 0.05) is 26.1 Å². The lowest BCUT2D eigenvalue weighted by Gasteiger charge is -2.33. The van der Waals surface area contributed by atoms with Crippen molar-refractivity contribution in [1.29, 1.82) is 0 Å². The largest absolute Gasteiger partial charge is 0.352 e. The van der Waals surface area contributed by atoms with Gasteiger partial charge in [0.2, 0.25) is 21.8 Å². The van der Waals surface area contributed by atoms with E-state index >= 15 is 0 Å². The zero-order chi connectivity index (χ0) is 30.3. The molecule has 0 saturated heterocycles. The number of sulfonamides is 1. The molecule has 4 aromatic carbocycles. The molecule has 8 heteroatoms. The normalized spacial score (nSPS) is 13.1. The summed E-state index contributed by atoms with van der Waals surface area (Å²) in [5, 5.41) is 4.77. The molecule has 2 amide bonds. The summed E-state index contributed by atoms with van der Waals surface area (Å²) in [5.74, 6) is -0.724. The lowest BCUT2D eigenvalue weighted by molar-refractivity contribution is -0.141. The molecule has 0 bridgehead atoms. The third kappa shape index (κ3) is 7.63. The van der Waals surface area contributed by atoms with E-state index in [0.29, 0.717) is 6.42 Å². The molecule has 220 valence electrons. The number of aryl methyl sites for hydroxylation is 1. The van der Waals surface area contributed by atoms with E-state index in [9.17, 15) is 18.0 Å². The van der Waals surface area contributed by atoms with Gasteiger partial charge in [0.15, 0.2) is 0 Å². The standard InChI is InChI=1S/C34H39N3O4S/c1-5-26(3)35-34(39)32(21-27-13-7-6-8-14-27)37(23-28-15-11-12-25(2)20-28)33(38)24-36(4)42(40,41)31-19-18-29-16-9-10-17-30(29)22-31/h6-20,22,26,32H,5,21,23-24H2,1-4H3,(H,35,39)/t26-,32+/m0/s1. The molecular formula is C34H39N3O4S. The number of benzene rings is 4. The predicted octanol–water partition coefficient (Wildman–Crippen LogP) is 5.32. The molecule has 0 aliphatic heterocycles. The van der Waals surface area contributed by atoms with Crippen LogP contribution in [0.1, 0.15) is 37.0 Å². The van der Waals surface area contributed by atoms with Crippen LogP contribution in [0, 0.1) is 6.92 Å². The molecule has 2 atom stereocenters. The van der Waals surface area contributed by atoms with Crippen LogP contribution in [0.4, 0.5) is 0 Å². The van der Waals surface area contributed by atoms with Gasteiger partial charge < -0.3 is 10.2 Å². The maximum Gasteiger partial charge on any atom is 0.243 e. The molecule has 0 aliphatic carbocycles. The zero-order valence-corrected chi connectivity index (χ0v) is 25.5. The van der Waals surface area contributed by atoms with Crippen molar-refractivity contribution in [2.24, 2.45) is 0 Å². The number of amides is 2. The molecule has 0 aliphatic rings. The predicted molar refractivity (Wildman–Crippen MR) is 167 cm³/mol. The van der Waals surface area contributed by atoms with Gasteiger partial charge in [0.25, 0.3) is 0 Å². The summed E-state index contributed by atoms with van der Waals surface area (Å²) < 4.78 is 28.2. The van der Waals surface area contributed by atoms with E-state index in [2.05, 4.69) is 5.32 Å². The summed E-state index contributed by atoms with van der Waals surface area (Å²) in [7, 11) is -2.58. The fourth-order valence-electron chi connectivity index (χ4n) is 4.88. The topological polar surface area (TPSA) is 86.8 Å². The van der Waals surface area contributed by atoms with Crippen molar-refractivity contribution < 1.29 is 18.0 Å². The second-order valence-electron chi connectivity index (χ2n) is 10.8. The summed E-state index contributed by atoms with van der Waals surface area (Å²) in [4.78, 5) is 29.4.